The highest BCUT2D eigenvalue weighted by Gasteiger charge is 2.26. The molecule has 2 unspecified atom stereocenters. The molecule has 1 aliphatic heterocycles. The molecule has 0 bridgehead atoms. The van der Waals surface area contributed by atoms with Crippen molar-refractivity contribution in [2.75, 3.05) is 14.1 Å². The van der Waals surface area contributed by atoms with Crippen LogP contribution in [0.25, 0.3) is 0 Å². The minimum absolute atomic E-state index is 0.198. The van der Waals surface area contributed by atoms with Gasteiger partial charge in [0.2, 0.25) is 5.91 Å². The Morgan fingerprint density at radius 1 is 1.64 bits per heavy atom. The van der Waals surface area contributed by atoms with E-state index in [1.54, 1.807) is 0 Å². The Hall–Kier alpha value is -0.570. The lowest BCUT2D eigenvalue weighted by atomic mass is 10.1. The molecule has 1 aliphatic rings. The quantitative estimate of drug-likeness (QED) is 0.620. The van der Waals surface area contributed by atoms with Crippen molar-refractivity contribution in [3.8, 4) is 0 Å². The summed E-state index contributed by atoms with van der Waals surface area (Å²) in [5, 5.41) is 2.95. The second-order valence-electron chi connectivity index (χ2n) is 3.42. The molecule has 0 saturated carbocycles. The zero-order valence-corrected chi connectivity index (χ0v) is 7.42. The van der Waals surface area contributed by atoms with Crippen LogP contribution < -0.4 is 5.32 Å². The number of carbonyl (C=O) groups is 1. The summed E-state index contributed by atoms with van der Waals surface area (Å²) in [6, 6.07) is 0.805. The summed E-state index contributed by atoms with van der Waals surface area (Å²) >= 11 is 0. The molecule has 0 aromatic heterocycles. The van der Waals surface area contributed by atoms with Gasteiger partial charge in [-0.2, -0.15) is 0 Å². The zero-order chi connectivity index (χ0) is 8.43. The lowest BCUT2D eigenvalue weighted by Crippen LogP contribution is -2.43. The first-order valence-corrected chi connectivity index (χ1v) is 4.07. The van der Waals surface area contributed by atoms with E-state index in [-0.39, 0.29) is 5.91 Å². The molecule has 0 spiro atoms. The predicted molar refractivity (Wildman–Crippen MR) is 44.3 cm³/mol. The summed E-state index contributed by atoms with van der Waals surface area (Å²) < 4.78 is 0. The molecule has 1 saturated heterocycles. The standard InChI is InChI=1S/C8H16N2O/c1-6(10(2)3)7-4-5-8(11)9-7/h6-7H,4-5H2,1-3H3,(H,9,11). The fourth-order valence-corrected chi connectivity index (χ4v) is 1.36. The van der Waals surface area contributed by atoms with Gasteiger partial charge in [-0.3, -0.25) is 4.79 Å². The molecular weight excluding hydrogens is 140 g/mol. The molecule has 1 N–H and O–H groups in total. The third kappa shape index (κ3) is 1.93. The molecule has 64 valence electrons. The summed E-state index contributed by atoms with van der Waals surface area (Å²) in [7, 11) is 4.07. The maximum Gasteiger partial charge on any atom is 0.220 e. The number of hydrogen-bond donors (Lipinski definition) is 1. The van der Waals surface area contributed by atoms with Gasteiger partial charge in [-0.05, 0) is 27.4 Å². The van der Waals surface area contributed by atoms with Gasteiger partial charge in [0.05, 0.1) is 0 Å². The van der Waals surface area contributed by atoms with Crippen molar-refractivity contribution in [1.29, 1.82) is 0 Å². The van der Waals surface area contributed by atoms with E-state index in [9.17, 15) is 4.79 Å². The largest absolute Gasteiger partial charge is 0.352 e. The van der Waals surface area contributed by atoms with E-state index in [0.717, 1.165) is 6.42 Å². The number of nitrogens with one attached hydrogen (secondary N) is 1. The highest BCUT2D eigenvalue weighted by molar-refractivity contribution is 5.78. The molecule has 3 heteroatoms. The third-order valence-corrected chi connectivity index (χ3v) is 2.43. The number of hydrogen-bond acceptors (Lipinski definition) is 2. The van der Waals surface area contributed by atoms with Crippen LogP contribution in [-0.2, 0) is 4.79 Å². The van der Waals surface area contributed by atoms with Gasteiger partial charge in [0, 0.05) is 18.5 Å². The van der Waals surface area contributed by atoms with Gasteiger partial charge in [-0.25, -0.2) is 0 Å². The number of likely N-dealkylation sites (N-methyl/N-ethyl adjacent to an activating group) is 1. The summed E-state index contributed by atoms with van der Waals surface area (Å²) in [5.41, 5.74) is 0. The molecule has 3 nitrogen and oxygen atoms in total. The molecule has 0 aliphatic carbocycles. The van der Waals surface area contributed by atoms with Crippen LogP contribution in [0, 0.1) is 0 Å². The smallest absolute Gasteiger partial charge is 0.220 e. The van der Waals surface area contributed by atoms with Crippen molar-refractivity contribution >= 4 is 5.91 Å². The van der Waals surface area contributed by atoms with E-state index in [0.29, 0.717) is 18.5 Å². The zero-order valence-electron chi connectivity index (χ0n) is 7.42. The number of rotatable bonds is 2. The summed E-state index contributed by atoms with van der Waals surface area (Å²) in [6.45, 7) is 2.14. The fourth-order valence-electron chi connectivity index (χ4n) is 1.36. The van der Waals surface area contributed by atoms with Crippen LogP contribution in [0.3, 0.4) is 0 Å². The summed E-state index contributed by atoms with van der Waals surface area (Å²) in [6.07, 6.45) is 1.68. The highest BCUT2D eigenvalue weighted by Crippen LogP contribution is 2.12. The van der Waals surface area contributed by atoms with Crippen LogP contribution in [0.5, 0.6) is 0 Å². The van der Waals surface area contributed by atoms with Gasteiger partial charge in [0.25, 0.3) is 0 Å². The summed E-state index contributed by atoms with van der Waals surface area (Å²) in [5.74, 6) is 0.198. The number of carbonyl (C=O) groups excluding carboxylic acids is 1. The fraction of sp³-hybridized carbons (Fsp3) is 0.875. The van der Waals surface area contributed by atoms with Gasteiger partial charge < -0.3 is 10.2 Å². The van der Waals surface area contributed by atoms with E-state index in [1.807, 2.05) is 14.1 Å². The normalized spacial score (nSPS) is 27.3. The van der Waals surface area contributed by atoms with E-state index in [4.69, 9.17) is 0 Å². The number of nitrogens with zero attached hydrogens (tertiary/aromatic N) is 1. The van der Waals surface area contributed by atoms with Crippen molar-refractivity contribution in [2.45, 2.75) is 31.8 Å². The molecule has 11 heavy (non-hydrogen) atoms. The average Bonchev–Trinajstić information content (AvgIpc) is 2.34. The molecule has 0 aromatic rings. The van der Waals surface area contributed by atoms with Gasteiger partial charge in [-0.1, -0.05) is 0 Å². The van der Waals surface area contributed by atoms with Crippen molar-refractivity contribution in [3.63, 3.8) is 0 Å². The first-order valence-electron chi connectivity index (χ1n) is 4.07. The van der Waals surface area contributed by atoms with Crippen LogP contribution in [0.4, 0.5) is 0 Å². The molecule has 1 heterocycles. The van der Waals surface area contributed by atoms with Crippen LogP contribution in [-0.4, -0.2) is 37.0 Å². The first kappa shape index (κ1) is 8.53. The van der Waals surface area contributed by atoms with E-state index in [1.165, 1.54) is 0 Å². The minimum Gasteiger partial charge on any atom is -0.352 e. The van der Waals surface area contributed by atoms with Crippen molar-refractivity contribution in [1.82, 2.24) is 10.2 Å². The van der Waals surface area contributed by atoms with Crippen molar-refractivity contribution < 1.29 is 4.79 Å². The summed E-state index contributed by atoms with van der Waals surface area (Å²) in [4.78, 5) is 13.0. The second-order valence-corrected chi connectivity index (χ2v) is 3.42. The molecule has 1 rings (SSSR count). The highest BCUT2D eigenvalue weighted by atomic mass is 16.1. The van der Waals surface area contributed by atoms with E-state index < -0.39 is 0 Å². The molecule has 1 amide bonds. The Morgan fingerprint density at radius 2 is 2.27 bits per heavy atom. The molecule has 1 fully saturated rings. The maximum absolute atomic E-state index is 10.9. The van der Waals surface area contributed by atoms with Crippen molar-refractivity contribution in [2.24, 2.45) is 0 Å². The van der Waals surface area contributed by atoms with E-state index >= 15 is 0 Å². The van der Waals surface area contributed by atoms with Gasteiger partial charge in [0.1, 0.15) is 0 Å². The second kappa shape index (κ2) is 3.22. The Morgan fingerprint density at radius 3 is 2.64 bits per heavy atom. The molecule has 2 atom stereocenters. The van der Waals surface area contributed by atoms with E-state index in [2.05, 4.69) is 17.1 Å². The first-order chi connectivity index (χ1) is 5.11. The van der Waals surface area contributed by atoms with Crippen LogP contribution in [0.1, 0.15) is 19.8 Å². The van der Waals surface area contributed by atoms with Crippen LogP contribution in [0.2, 0.25) is 0 Å². The maximum atomic E-state index is 10.9. The van der Waals surface area contributed by atoms with Gasteiger partial charge in [0.15, 0.2) is 0 Å². The Labute approximate surface area is 67.8 Å². The monoisotopic (exact) mass is 156 g/mol. The van der Waals surface area contributed by atoms with Crippen molar-refractivity contribution in [3.05, 3.63) is 0 Å². The number of amides is 1. The molecule has 0 radical (unpaired) electrons. The minimum atomic E-state index is 0.198. The average molecular weight is 156 g/mol. The Balaban J connectivity index is 2.43. The molecule has 0 aromatic carbocycles. The van der Waals surface area contributed by atoms with Gasteiger partial charge in [-0.15, -0.1) is 0 Å². The Kier molecular flexibility index (Phi) is 2.49. The third-order valence-electron chi connectivity index (χ3n) is 2.43. The lowest BCUT2D eigenvalue weighted by Gasteiger charge is -2.25. The molecular formula is C8H16N2O. The topological polar surface area (TPSA) is 32.3 Å². The Bertz CT molecular complexity index is 156. The SMILES string of the molecule is CC(C1CCC(=O)N1)N(C)C. The lowest BCUT2D eigenvalue weighted by molar-refractivity contribution is -0.119. The van der Waals surface area contributed by atoms with Crippen LogP contribution >= 0.6 is 0 Å². The predicted octanol–water partition coefficient (Wildman–Crippen LogP) is 0.215. The van der Waals surface area contributed by atoms with Gasteiger partial charge >= 0.3 is 0 Å². The van der Waals surface area contributed by atoms with Crippen LogP contribution in [0.15, 0.2) is 0 Å².